The lowest BCUT2D eigenvalue weighted by Gasteiger charge is -2.33. The van der Waals surface area contributed by atoms with Crippen molar-refractivity contribution in [1.82, 2.24) is 3.93 Å². The first-order valence-corrected chi connectivity index (χ1v) is 19.7. The molecule has 0 saturated heterocycles. The summed E-state index contributed by atoms with van der Waals surface area (Å²) >= 11 is 3.92. The molecule has 0 amide bonds. The van der Waals surface area contributed by atoms with E-state index < -0.39 is 0 Å². The van der Waals surface area contributed by atoms with Gasteiger partial charge in [0.1, 0.15) is 0 Å². The molecule has 2 heteroatoms. The van der Waals surface area contributed by atoms with Crippen molar-refractivity contribution >= 4 is 16.1 Å². The van der Waals surface area contributed by atoms with Crippen molar-refractivity contribution in [3.63, 3.8) is 0 Å². The number of rotatable bonds is 34. The molecule has 0 fully saturated rings. The van der Waals surface area contributed by atoms with Crippen LogP contribution < -0.4 is 0 Å². The third kappa shape index (κ3) is 29.9. The summed E-state index contributed by atoms with van der Waals surface area (Å²) in [6.45, 7) is 10.7. The Kier molecular flexibility index (Phi) is 32.7. The van der Waals surface area contributed by atoms with E-state index in [2.05, 4.69) is 47.8 Å². The first-order valence-electron chi connectivity index (χ1n) is 19.0. The van der Waals surface area contributed by atoms with Crippen molar-refractivity contribution in [2.24, 2.45) is 0 Å². The Morgan fingerprint density at radius 1 is 0.350 bits per heavy atom. The number of unbranched alkanes of at least 4 members (excludes halogenated alkanes) is 29. The molecule has 0 rings (SSSR count). The average molecular weight is 629 g/mol. The third-order valence-corrected chi connectivity index (χ3v) is 10.6. The molecule has 0 aliphatic rings. The second kappa shape index (κ2) is 32.4. The second-order valence-corrected chi connectivity index (χ2v) is 14.8. The van der Waals surface area contributed by atoms with Gasteiger partial charge in [-0.25, -0.2) is 3.93 Å². The van der Waals surface area contributed by atoms with Gasteiger partial charge in [-0.3, -0.25) is 0 Å². The minimum Gasteiger partial charge on any atom is -0.237 e. The Morgan fingerprint density at radius 3 is 0.850 bits per heavy atom. The molecule has 0 aromatic heterocycles. The molecule has 0 aliphatic heterocycles. The van der Waals surface area contributed by atoms with E-state index in [0.29, 0.717) is 0 Å². The zero-order valence-corrected chi connectivity index (χ0v) is 30.2. The monoisotopic (exact) mass is 628 g/mol. The van der Waals surface area contributed by atoms with E-state index in [1.165, 1.54) is 212 Å². The van der Waals surface area contributed by atoms with Crippen molar-refractivity contribution in [3.05, 3.63) is 0 Å². The molecule has 242 valence electrons. The minimum atomic E-state index is 0.284. The molecule has 0 aromatic rings. The van der Waals surface area contributed by atoms with E-state index in [4.69, 9.17) is 0 Å². The molecule has 0 aliphatic carbocycles. The molecule has 0 aromatic carbocycles. The zero-order valence-electron chi connectivity index (χ0n) is 28.7. The lowest BCUT2D eigenvalue weighted by Crippen LogP contribution is -2.37. The first-order chi connectivity index (χ1) is 19.5. The van der Waals surface area contributed by atoms with Gasteiger partial charge in [0.2, 0.25) is 0 Å². The van der Waals surface area contributed by atoms with Gasteiger partial charge in [-0.1, -0.05) is 206 Å². The third-order valence-electron chi connectivity index (χ3n) is 9.26. The van der Waals surface area contributed by atoms with Crippen LogP contribution in [-0.4, -0.2) is 16.0 Å². The number of hydrogen-bond donors (Lipinski definition) is 0. The van der Waals surface area contributed by atoms with Crippen molar-refractivity contribution in [2.45, 2.75) is 239 Å². The van der Waals surface area contributed by atoms with Gasteiger partial charge in [-0.05, 0) is 26.7 Å². The molecular formula is C38H78BrN. The summed E-state index contributed by atoms with van der Waals surface area (Å²) in [6, 6.07) is 0. The van der Waals surface area contributed by atoms with Crippen molar-refractivity contribution in [2.75, 3.05) is 6.54 Å². The van der Waals surface area contributed by atoms with Crippen LogP contribution in [-0.2, 0) is 0 Å². The lowest BCUT2D eigenvalue weighted by atomic mass is 9.95. The highest BCUT2D eigenvalue weighted by Crippen LogP contribution is 2.26. The number of halogens is 1. The lowest BCUT2D eigenvalue weighted by molar-refractivity contribution is 0.231. The molecule has 40 heavy (non-hydrogen) atoms. The van der Waals surface area contributed by atoms with Crippen LogP contribution >= 0.6 is 16.1 Å². The molecule has 0 spiro atoms. The van der Waals surface area contributed by atoms with E-state index in [9.17, 15) is 0 Å². The Hall–Kier alpha value is 0.440. The summed E-state index contributed by atoms with van der Waals surface area (Å²) in [5.74, 6) is 0. The average Bonchev–Trinajstić information content (AvgIpc) is 2.94. The van der Waals surface area contributed by atoms with Gasteiger partial charge in [0.25, 0.3) is 0 Å². The predicted octanol–water partition coefficient (Wildman–Crippen LogP) is 14.9. The summed E-state index contributed by atoms with van der Waals surface area (Å²) in [5, 5.41) is 0. The molecule has 0 heterocycles. The minimum absolute atomic E-state index is 0.284. The molecule has 0 bridgehead atoms. The number of nitrogens with zero attached hydrogens (tertiary/aromatic N) is 1. The maximum atomic E-state index is 3.92. The molecule has 0 unspecified atom stereocenters. The predicted molar refractivity (Wildman–Crippen MR) is 189 cm³/mol. The quantitative estimate of drug-likeness (QED) is 0.0506. The fraction of sp³-hybridized carbons (Fsp3) is 1.00. The number of hydrogen-bond acceptors (Lipinski definition) is 1. The van der Waals surface area contributed by atoms with E-state index in [0.717, 1.165) is 0 Å². The van der Waals surface area contributed by atoms with Gasteiger partial charge in [-0.2, -0.15) is 0 Å². The van der Waals surface area contributed by atoms with Crippen LogP contribution in [0.5, 0.6) is 0 Å². The molecule has 0 saturated carbocycles. The Labute approximate surface area is 264 Å². The van der Waals surface area contributed by atoms with Gasteiger partial charge in [0.05, 0.1) is 0 Å². The summed E-state index contributed by atoms with van der Waals surface area (Å²) < 4.78 is 2.47. The largest absolute Gasteiger partial charge is 0.237 e. The summed E-state index contributed by atoms with van der Waals surface area (Å²) in [4.78, 5) is 0. The standard InChI is InChI=1S/C38H78BrN/c1-5-7-9-11-13-15-17-19-21-23-25-27-29-31-33-35-37-40(39)38(3,4)36-34-32-30-28-26-24-22-20-18-16-14-12-10-8-6-2/h5-37H2,1-4H3. The topological polar surface area (TPSA) is 3.24 Å². The molecule has 0 atom stereocenters. The Bertz CT molecular complexity index is 462. The van der Waals surface area contributed by atoms with Crippen molar-refractivity contribution in [3.8, 4) is 0 Å². The van der Waals surface area contributed by atoms with E-state index in [1.54, 1.807) is 0 Å². The highest BCUT2D eigenvalue weighted by Gasteiger charge is 2.23. The van der Waals surface area contributed by atoms with Crippen LogP contribution in [0.25, 0.3) is 0 Å². The zero-order chi connectivity index (χ0) is 29.4. The molecule has 0 radical (unpaired) electrons. The van der Waals surface area contributed by atoms with E-state index in [-0.39, 0.29) is 5.54 Å². The maximum Gasteiger partial charge on any atom is 0.0260 e. The smallest absolute Gasteiger partial charge is 0.0260 e. The van der Waals surface area contributed by atoms with Crippen LogP contribution in [0.2, 0.25) is 0 Å². The van der Waals surface area contributed by atoms with Gasteiger partial charge < -0.3 is 0 Å². The van der Waals surface area contributed by atoms with Gasteiger partial charge in [0, 0.05) is 28.2 Å². The van der Waals surface area contributed by atoms with Gasteiger partial charge >= 0.3 is 0 Å². The molecule has 1 nitrogen and oxygen atoms in total. The van der Waals surface area contributed by atoms with Gasteiger partial charge in [0.15, 0.2) is 0 Å². The van der Waals surface area contributed by atoms with Crippen LogP contribution in [0.1, 0.15) is 233 Å². The highest BCUT2D eigenvalue weighted by atomic mass is 79.9. The summed E-state index contributed by atoms with van der Waals surface area (Å²) in [5.41, 5.74) is 0.284. The maximum absolute atomic E-state index is 3.92. The highest BCUT2D eigenvalue weighted by molar-refractivity contribution is 9.07. The first kappa shape index (κ1) is 40.4. The van der Waals surface area contributed by atoms with Crippen molar-refractivity contribution < 1.29 is 0 Å². The summed E-state index contributed by atoms with van der Waals surface area (Å²) in [6.07, 6.45) is 46.2. The van der Waals surface area contributed by atoms with E-state index in [1.807, 2.05) is 0 Å². The van der Waals surface area contributed by atoms with Crippen LogP contribution in [0.3, 0.4) is 0 Å². The van der Waals surface area contributed by atoms with Crippen LogP contribution in [0.15, 0.2) is 0 Å². The Morgan fingerprint density at radius 2 is 0.575 bits per heavy atom. The Balaban J connectivity index is 3.40. The van der Waals surface area contributed by atoms with Crippen LogP contribution in [0.4, 0.5) is 0 Å². The fourth-order valence-corrected chi connectivity index (χ4v) is 6.58. The summed E-state index contributed by atoms with van der Waals surface area (Å²) in [7, 11) is 0. The fourth-order valence-electron chi connectivity index (χ4n) is 6.15. The second-order valence-electron chi connectivity index (χ2n) is 13.9. The SMILES string of the molecule is CCCCCCCCCCCCCCCCCCN(Br)C(C)(C)CCCCCCCCCCCCCCCCC. The molecule has 0 N–H and O–H groups in total. The normalized spacial score (nSPS) is 12.2. The van der Waals surface area contributed by atoms with E-state index >= 15 is 0 Å². The van der Waals surface area contributed by atoms with Crippen LogP contribution in [0, 0.1) is 0 Å². The van der Waals surface area contributed by atoms with Crippen molar-refractivity contribution in [1.29, 1.82) is 0 Å². The molecular weight excluding hydrogens is 550 g/mol. The van der Waals surface area contributed by atoms with Gasteiger partial charge in [-0.15, -0.1) is 0 Å².